The van der Waals surface area contributed by atoms with E-state index in [1.165, 1.54) is 180 Å². The molecule has 0 fully saturated rings. The summed E-state index contributed by atoms with van der Waals surface area (Å²) in [5, 5.41) is 0. The fraction of sp³-hybridized carbons (Fsp3) is 0.962. The lowest BCUT2D eigenvalue weighted by atomic mass is 9.92. The summed E-state index contributed by atoms with van der Waals surface area (Å²) < 4.78 is 17.5. The van der Waals surface area contributed by atoms with Crippen molar-refractivity contribution >= 4 is 11.9 Å². The zero-order valence-electron chi connectivity index (χ0n) is 40.9. The molecular weight excluding hydrogens is 731 g/mol. The molecule has 0 aliphatic heterocycles. The highest BCUT2D eigenvalue weighted by atomic mass is 16.5. The largest absolute Gasteiger partial charge is 0.466 e. The Hall–Kier alpha value is -1.14. The fourth-order valence-electron chi connectivity index (χ4n) is 8.64. The minimum atomic E-state index is 0.0134. The van der Waals surface area contributed by atoms with Crippen LogP contribution in [0.5, 0.6) is 0 Å². The first-order chi connectivity index (χ1) is 28.9. The molecule has 0 heterocycles. The zero-order valence-corrected chi connectivity index (χ0v) is 40.9. The Morgan fingerprint density at radius 3 is 1.05 bits per heavy atom. The van der Waals surface area contributed by atoms with Crippen LogP contribution in [0.4, 0.5) is 0 Å². The van der Waals surface area contributed by atoms with E-state index in [9.17, 15) is 9.59 Å². The Morgan fingerprint density at radius 1 is 0.373 bits per heavy atom. The second kappa shape index (κ2) is 46.4. The maximum absolute atomic E-state index is 12.4. The number of unbranched alkanes of at least 4 members (excludes halogenated alkanes) is 20. The molecule has 0 radical (unpaired) electrons. The van der Waals surface area contributed by atoms with Crippen LogP contribution in [0.3, 0.4) is 0 Å². The molecule has 0 atom stereocenters. The first kappa shape index (κ1) is 57.9. The summed E-state index contributed by atoms with van der Waals surface area (Å²) in [5.74, 6) is 2.15. The number of carbonyl (C=O) groups is 2. The number of ether oxygens (including phenoxy) is 3. The third-order valence-electron chi connectivity index (χ3n) is 12.7. The number of esters is 2. The van der Waals surface area contributed by atoms with Crippen molar-refractivity contribution in [1.29, 1.82) is 0 Å². The van der Waals surface area contributed by atoms with Crippen molar-refractivity contribution in [1.82, 2.24) is 4.90 Å². The summed E-state index contributed by atoms with van der Waals surface area (Å²) in [7, 11) is 4.27. The van der Waals surface area contributed by atoms with Gasteiger partial charge < -0.3 is 19.1 Å². The van der Waals surface area contributed by atoms with Gasteiger partial charge in [-0.1, -0.05) is 207 Å². The molecule has 0 spiro atoms. The first-order valence-electron chi connectivity index (χ1n) is 26.4. The highest BCUT2D eigenvalue weighted by Crippen LogP contribution is 2.24. The van der Waals surface area contributed by atoms with E-state index in [-0.39, 0.29) is 11.9 Å². The Bertz CT molecular complexity index is 785. The quantitative estimate of drug-likeness (QED) is 0.0449. The minimum Gasteiger partial charge on any atom is -0.466 e. The van der Waals surface area contributed by atoms with Crippen molar-refractivity contribution in [3.8, 4) is 0 Å². The molecule has 0 unspecified atom stereocenters. The maximum Gasteiger partial charge on any atom is 0.305 e. The fourth-order valence-corrected chi connectivity index (χ4v) is 8.64. The summed E-state index contributed by atoms with van der Waals surface area (Å²) >= 11 is 0. The van der Waals surface area contributed by atoms with Gasteiger partial charge in [-0.25, -0.2) is 0 Å². The van der Waals surface area contributed by atoms with Crippen molar-refractivity contribution < 1.29 is 23.8 Å². The van der Waals surface area contributed by atoms with Gasteiger partial charge in [0.1, 0.15) is 0 Å². The van der Waals surface area contributed by atoms with Crippen LogP contribution in [0.15, 0.2) is 0 Å². The smallest absolute Gasteiger partial charge is 0.305 e. The van der Waals surface area contributed by atoms with Crippen LogP contribution in [0, 0.1) is 17.8 Å². The lowest BCUT2D eigenvalue weighted by Gasteiger charge is -2.18. The summed E-state index contributed by atoms with van der Waals surface area (Å²) in [4.78, 5) is 26.9. The molecule has 0 aromatic heterocycles. The minimum absolute atomic E-state index is 0.0134. The van der Waals surface area contributed by atoms with Gasteiger partial charge in [0.15, 0.2) is 0 Å². The number of hydrogen-bond donors (Lipinski definition) is 0. The lowest BCUT2D eigenvalue weighted by molar-refractivity contribution is -0.145. The van der Waals surface area contributed by atoms with E-state index < -0.39 is 0 Å². The van der Waals surface area contributed by atoms with Gasteiger partial charge in [0.05, 0.1) is 13.2 Å². The highest BCUT2D eigenvalue weighted by Gasteiger charge is 2.13. The van der Waals surface area contributed by atoms with Crippen LogP contribution in [0.25, 0.3) is 0 Å². The summed E-state index contributed by atoms with van der Waals surface area (Å²) in [6.07, 6.45) is 44.8. The van der Waals surface area contributed by atoms with E-state index in [0.29, 0.717) is 32.0 Å². The molecule has 0 saturated heterocycles. The molecule has 0 rings (SSSR count). The van der Waals surface area contributed by atoms with E-state index >= 15 is 0 Å². The third-order valence-corrected chi connectivity index (χ3v) is 12.7. The molecule has 0 saturated carbocycles. The molecule has 0 aliphatic rings. The van der Waals surface area contributed by atoms with Gasteiger partial charge in [0.2, 0.25) is 0 Å². The molecule has 0 bridgehead atoms. The van der Waals surface area contributed by atoms with Crippen molar-refractivity contribution in [2.75, 3.05) is 47.1 Å². The van der Waals surface area contributed by atoms with Gasteiger partial charge in [-0.15, -0.1) is 0 Å². The van der Waals surface area contributed by atoms with Gasteiger partial charge in [-0.3, -0.25) is 9.59 Å². The number of rotatable bonds is 48. The maximum atomic E-state index is 12.4. The highest BCUT2D eigenvalue weighted by molar-refractivity contribution is 5.69. The molecule has 59 heavy (non-hydrogen) atoms. The van der Waals surface area contributed by atoms with Crippen molar-refractivity contribution in [3.05, 3.63) is 0 Å². The monoisotopic (exact) mass is 836 g/mol. The average Bonchev–Trinajstić information content (AvgIpc) is 3.21. The van der Waals surface area contributed by atoms with Crippen LogP contribution < -0.4 is 0 Å². The molecule has 0 aromatic rings. The molecule has 0 aliphatic carbocycles. The van der Waals surface area contributed by atoms with Crippen LogP contribution >= 0.6 is 0 Å². The van der Waals surface area contributed by atoms with Gasteiger partial charge in [0, 0.05) is 26.1 Å². The Kier molecular flexibility index (Phi) is 45.5. The summed E-state index contributed by atoms with van der Waals surface area (Å²) in [6.45, 7) is 13.2. The van der Waals surface area contributed by atoms with Crippen molar-refractivity contribution in [3.63, 3.8) is 0 Å². The van der Waals surface area contributed by atoms with Gasteiger partial charge in [0.25, 0.3) is 0 Å². The molecule has 0 N–H and O–H groups in total. The standard InChI is InChI=1S/C53H105NO5/c1-7-11-25-34-49(35-26-12-8-2)42-46-58-52(55)40-31-23-19-15-17-21-29-38-51(48-57-45-33-44-54(5)6)39-30-22-18-16-20-24-32-41-53(56)59-47-43-50(36-27-13-9-3)37-28-14-10-4/h49-51H,7-48H2,1-6H3. The summed E-state index contributed by atoms with van der Waals surface area (Å²) in [5.41, 5.74) is 0. The molecule has 0 amide bonds. The van der Waals surface area contributed by atoms with Gasteiger partial charge >= 0.3 is 11.9 Å². The number of hydrogen-bond acceptors (Lipinski definition) is 6. The normalized spacial score (nSPS) is 11.8. The number of carbonyl (C=O) groups excluding carboxylic acids is 2. The van der Waals surface area contributed by atoms with E-state index in [0.717, 1.165) is 76.5 Å². The van der Waals surface area contributed by atoms with E-state index in [1.807, 2.05) is 0 Å². The summed E-state index contributed by atoms with van der Waals surface area (Å²) in [6, 6.07) is 0. The van der Waals surface area contributed by atoms with Crippen LogP contribution in [0.1, 0.15) is 265 Å². The molecule has 352 valence electrons. The second-order valence-electron chi connectivity index (χ2n) is 18.9. The Labute approximate surface area is 369 Å². The van der Waals surface area contributed by atoms with E-state index in [4.69, 9.17) is 14.2 Å². The third kappa shape index (κ3) is 43.3. The second-order valence-corrected chi connectivity index (χ2v) is 18.9. The topological polar surface area (TPSA) is 65.1 Å². The predicted octanol–water partition coefficient (Wildman–Crippen LogP) is 16.0. The lowest BCUT2D eigenvalue weighted by Crippen LogP contribution is -2.16. The Balaban J connectivity index is 4.12. The Morgan fingerprint density at radius 2 is 0.695 bits per heavy atom. The zero-order chi connectivity index (χ0) is 43.3. The van der Waals surface area contributed by atoms with Crippen molar-refractivity contribution in [2.24, 2.45) is 17.8 Å². The van der Waals surface area contributed by atoms with Gasteiger partial charge in [-0.05, 0) is 83.3 Å². The van der Waals surface area contributed by atoms with Crippen LogP contribution in [0.2, 0.25) is 0 Å². The predicted molar refractivity (Wildman–Crippen MR) is 255 cm³/mol. The molecular formula is C53H105NO5. The van der Waals surface area contributed by atoms with E-state index in [2.05, 4.69) is 46.7 Å². The van der Waals surface area contributed by atoms with Crippen LogP contribution in [-0.4, -0.2) is 63.9 Å². The molecule has 0 aromatic carbocycles. The van der Waals surface area contributed by atoms with Crippen LogP contribution in [-0.2, 0) is 23.8 Å². The van der Waals surface area contributed by atoms with Crippen molar-refractivity contribution in [2.45, 2.75) is 265 Å². The first-order valence-corrected chi connectivity index (χ1v) is 26.4. The molecule has 6 nitrogen and oxygen atoms in total. The molecule has 6 heteroatoms. The SMILES string of the molecule is CCCCCC(CCCCC)CCOC(=O)CCCCCCCCCC(CCCCCCCCCC(=O)OCCC(CCCCC)CCCCC)COCCCN(C)C. The number of nitrogens with zero attached hydrogens (tertiary/aromatic N) is 1. The van der Waals surface area contributed by atoms with E-state index in [1.54, 1.807) is 0 Å². The average molecular weight is 836 g/mol. The van der Waals surface area contributed by atoms with Gasteiger partial charge in [-0.2, -0.15) is 0 Å².